The van der Waals surface area contributed by atoms with E-state index in [1.807, 2.05) is 19.0 Å². The highest BCUT2D eigenvalue weighted by Crippen LogP contribution is 2.39. The Labute approximate surface area is 162 Å². The van der Waals surface area contributed by atoms with Gasteiger partial charge >= 0.3 is 0 Å². The van der Waals surface area contributed by atoms with Crippen LogP contribution in [-0.4, -0.2) is 58.8 Å². The van der Waals surface area contributed by atoms with Crippen LogP contribution in [0.15, 0.2) is 54.4 Å². The van der Waals surface area contributed by atoms with Crippen LogP contribution >= 0.6 is 0 Å². The Morgan fingerprint density at radius 1 is 1.14 bits per heavy atom. The average Bonchev–Trinajstić information content (AvgIpc) is 2.93. The van der Waals surface area contributed by atoms with Crippen LogP contribution in [0.3, 0.4) is 0 Å². The number of hydrogen-bond acceptors (Lipinski definition) is 5. The van der Waals surface area contributed by atoms with Gasteiger partial charge in [-0.1, -0.05) is 12.1 Å². The number of aliphatic hydroxyl groups is 1. The summed E-state index contributed by atoms with van der Waals surface area (Å²) in [6.07, 6.45) is 3.65. The first-order valence-corrected chi connectivity index (χ1v) is 8.99. The first kappa shape index (κ1) is 19.7. The lowest BCUT2D eigenvalue weighted by Crippen LogP contribution is -2.32. The highest BCUT2D eigenvalue weighted by atomic mass is 19.1. The predicted molar refractivity (Wildman–Crippen MR) is 103 cm³/mol. The Kier molecular flexibility index (Phi) is 5.84. The normalized spacial score (nSPS) is 18.9. The first-order chi connectivity index (χ1) is 13.4. The maximum atomic E-state index is 13.4. The average molecular weight is 383 g/mol. The number of aromatic nitrogens is 1. The minimum absolute atomic E-state index is 0.00709. The van der Waals surface area contributed by atoms with E-state index in [9.17, 15) is 19.1 Å². The highest BCUT2D eigenvalue weighted by Gasteiger charge is 2.45. The van der Waals surface area contributed by atoms with Gasteiger partial charge in [0.2, 0.25) is 0 Å². The molecule has 0 spiro atoms. The minimum atomic E-state index is -0.768. The number of pyridine rings is 1. The molecule has 1 atom stereocenters. The van der Waals surface area contributed by atoms with Crippen molar-refractivity contribution in [2.45, 2.75) is 12.5 Å². The van der Waals surface area contributed by atoms with Crippen LogP contribution in [0.25, 0.3) is 5.76 Å². The van der Waals surface area contributed by atoms with Gasteiger partial charge in [0.15, 0.2) is 0 Å². The second-order valence-electron chi connectivity index (χ2n) is 6.94. The van der Waals surface area contributed by atoms with E-state index in [-0.39, 0.29) is 11.3 Å². The van der Waals surface area contributed by atoms with E-state index in [4.69, 9.17) is 0 Å². The zero-order valence-corrected chi connectivity index (χ0v) is 15.8. The monoisotopic (exact) mass is 383 g/mol. The number of hydrogen-bond donors (Lipinski definition) is 1. The van der Waals surface area contributed by atoms with Gasteiger partial charge in [-0.3, -0.25) is 14.6 Å². The van der Waals surface area contributed by atoms with E-state index in [1.165, 1.54) is 41.6 Å². The Morgan fingerprint density at radius 3 is 2.39 bits per heavy atom. The van der Waals surface area contributed by atoms with E-state index in [0.29, 0.717) is 24.1 Å². The van der Waals surface area contributed by atoms with Crippen molar-refractivity contribution in [3.8, 4) is 0 Å². The fraction of sp³-hybridized carbons (Fsp3) is 0.286. The lowest BCUT2D eigenvalue weighted by atomic mass is 9.95. The van der Waals surface area contributed by atoms with Gasteiger partial charge in [0.25, 0.3) is 11.7 Å². The van der Waals surface area contributed by atoms with Gasteiger partial charge in [-0.25, -0.2) is 4.39 Å². The van der Waals surface area contributed by atoms with Crippen LogP contribution in [-0.2, 0) is 9.59 Å². The van der Waals surface area contributed by atoms with Gasteiger partial charge in [-0.05, 0) is 56.9 Å². The molecule has 3 rings (SSSR count). The zero-order valence-electron chi connectivity index (χ0n) is 15.8. The minimum Gasteiger partial charge on any atom is -0.507 e. The van der Waals surface area contributed by atoms with Gasteiger partial charge in [0.1, 0.15) is 11.6 Å². The smallest absolute Gasteiger partial charge is 0.295 e. The number of ketones is 1. The Bertz CT molecular complexity index is 895. The van der Waals surface area contributed by atoms with Crippen molar-refractivity contribution in [2.75, 3.05) is 27.2 Å². The molecule has 1 aliphatic rings. The second kappa shape index (κ2) is 8.31. The summed E-state index contributed by atoms with van der Waals surface area (Å²) in [5.74, 6) is -2.08. The number of rotatable bonds is 6. The van der Waals surface area contributed by atoms with E-state index in [1.54, 1.807) is 12.1 Å². The number of halogens is 1. The summed E-state index contributed by atoms with van der Waals surface area (Å²) < 4.78 is 13.4. The van der Waals surface area contributed by atoms with Crippen molar-refractivity contribution in [1.82, 2.24) is 14.8 Å². The molecule has 6 nitrogen and oxygen atoms in total. The van der Waals surface area contributed by atoms with Gasteiger partial charge in [-0.2, -0.15) is 0 Å². The lowest BCUT2D eigenvalue weighted by molar-refractivity contribution is -0.139. The van der Waals surface area contributed by atoms with E-state index >= 15 is 0 Å². The molecule has 28 heavy (non-hydrogen) atoms. The molecule has 1 unspecified atom stereocenters. The van der Waals surface area contributed by atoms with Crippen LogP contribution < -0.4 is 0 Å². The number of Topliss-reactive ketones (excluding diaryl/α,β-unsaturated/α-hetero) is 1. The molecule has 1 aromatic heterocycles. The van der Waals surface area contributed by atoms with Crippen molar-refractivity contribution in [3.05, 3.63) is 71.3 Å². The molecule has 1 N–H and O–H groups in total. The third kappa shape index (κ3) is 3.94. The number of likely N-dealkylation sites (tertiary alicyclic amines) is 1. The second-order valence-corrected chi connectivity index (χ2v) is 6.94. The molecule has 0 radical (unpaired) electrons. The number of aliphatic hydroxyl groups excluding tert-OH is 1. The van der Waals surface area contributed by atoms with Crippen molar-refractivity contribution in [3.63, 3.8) is 0 Å². The molecular weight excluding hydrogens is 361 g/mol. The van der Waals surface area contributed by atoms with E-state index in [0.717, 1.165) is 6.54 Å². The predicted octanol–water partition coefficient (Wildman–Crippen LogP) is 2.59. The largest absolute Gasteiger partial charge is 0.507 e. The van der Waals surface area contributed by atoms with Gasteiger partial charge in [-0.15, -0.1) is 0 Å². The third-order valence-corrected chi connectivity index (χ3v) is 4.68. The van der Waals surface area contributed by atoms with Gasteiger partial charge in [0.05, 0.1) is 11.6 Å². The molecule has 146 valence electrons. The van der Waals surface area contributed by atoms with E-state index in [2.05, 4.69) is 4.98 Å². The first-order valence-electron chi connectivity index (χ1n) is 8.99. The zero-order chi connectivity index (χ0) is 20.3. The fourth-order valence-electron chi connectivity index (χ4n) is 3.32. The van der Waals surface area contributed by atoms with Crippen LogP contribution in [0.2, 0.25) is 0 Å². The lowest BCUT2D eigenvalue weighted by Gasteiger charge is -2.26. The maximum Gasteiger partial charge on any atom is 0.295 e. The molecule has 1 fully saturated rings. The molecule has 1 aromatic carbocycles. The Morgan fingerprint density at radius 2 is 1.79 bits per heavy atom. The Hall–Kier alpha value is -3.06. The number of carbonyl (C=O) groups is 2. The SMILES string of the molecule is CN(C)CCCN1C(=O)C(=O)/C(=C(/O)c2ccncc2)C1c1ccc(F)cc1. The molecule has 0 bridgehead atoms. The number of carbonyl (C=O) groups excluding carboxylic acids is 2. The van der Waals surface area contributed by atoms with Gasteiger partial charge < -0.3 is 14.9 Å². The summed E-state index contributed by atoms with van der Waals surface area (Å²) in [7, 11) is 3.85. The molecule has 0 saturated carbocycles. The molecule has 2 heterocycles. The molecular formula is C21H22FN3O3. The molecule has 1 aliphatic heterocycles. The number of nitrogens with zero attached hydrogens (tertiary/aromatic N) is 3. The molecule has 2 aromatic rings. The summed E-state index contributed by atoms with van der Waals surface area (Å²) >= 11 is 0. The number of amides is 1. The topological polar surface area (TPSA) is 73.7 Å². The van der Waals surface area contributed by atoms with Crippen molar-refractivity contribution < 1.29 is 19.1 Å². The summed E-state index contributed by atoms with van der Waals surface area (Å²) in [6.45, 7) is 1.08. The van der Waals surface area contributed by atoms with E-state index < -0.39 is 23.5 Å². The summed E-state index contributed by atoms with van der Waals surface area (Å²) in [5, 5.41) is 10.8. The van der Waals surface area contributed by atoms with Crippen LogP contribution in [0.5, 0.6) is 0 Å². The third-order valence-electron chi connectivity index (χ3n) is 4.68. The molecule has 1 saturated heterocycles. The molecule has 1 amide bonds. The quantitative estimate of drug-likeness (QED) is 0.472. The summed E-state index contributed by atoms with van der Waals surface area (Å²) in [4.78, 5) is 32.8. The maximum absolute atomic E-state index is 13.4. The fourth-order valence-corrected chi connectivity index (χ4v) is 3.32. The van der Waals surface area contributed by atoms with Crippen LogP contribution in [0.1, 0.15) is 23.6 Å². The van der Waals surface area contributed by atoms with Crippen LogP contribution in [0, 0.1) is 5.82 Å². The molecule has 0 aliphatic carbocycles. The van der Waals surface area contributed by atoms with Crippen LogP contribution in [0.4, 0.5) is 4.39 Å². The summed E-state index contributed by atoms with van der Waals surface area (Å²) in [6, 6.07) is 7.99. The Balaban J connectivity index is 2.07. The summed E-state index contributed by atoms with van der Waals surface area (Å²) in [5.41, 5.74) is 0.974. The molecule has 7 heteroatoms. The standard InChI is InChI=1S/C21H22FN3O3/c1-24(2)12-3-13-25-18(14-4-6-16(22)7-5-14)17(20(27)21(25)28)19(26)15-8-10-23-11-9-15/h4-11,18,26H,3,12-13H2,1-2H3/b19-17+. The van der Waals surface area contributed by atoms with Crippen molar-refractivity contribution in [2.24, 2.45) is 0 Å². The van der Waals surface area contributed by atoms with Gasteiger partial charge in [0, 0.05) is 24.5 Å². The number of benzene rings is 1. The highest BCUT2D eigenvalue weighted by molar-refractivity contribution is 6.46. The van der Waals surface area contributed by atoms with Crippen molar-refractivity contribution >= 4 is 17.4 Å². The van der Waals surface area contributed by atoms with Crippen molar-refractivity contribution in [1.29, 1.82) is 0 Å².